The van der Waals surface area contributed by atoms with Gasteiger partial charge in [-0.3, -0.25) is 9.69 Å². The predicted molar refractivity (Wildman–Crippen MR) is 122 cm³/mol. The number of hydrogen-bond acceptors (Lipinski definition) is 4. The summed E-state index contributed by atoms with van der Waals surface area (Å²) in [5.74, 6) is 1.23. The van der Waals surface area contributed by atoms with Crippen LogP contribution in [0.2, 0.25) is 0 Å². The van der Waals surface area contributed by atoms with Crippen LogP contribution < -0.4 is 16.0 Å². The zero-order valence-corrected chi connectivity index (χ0v) is 18.6. The Morgan fingerprint density at radius 2 is 1.57 bits per heavy atom. The molecule has 0 aromatic heterocycles. The zero-order valence-electron chi connectivity index (χ0n) is 18.6. The van der Waals surface area contributed by atoms with Crippen molar-refractivity contribution in [3.8, 4) is 0 Å². The topological polar surface area (TPSA) is 72.0 Å². The summed E-state index contributed by atoms with van der Waals surface area (Å²) < 4.78 is 0. The van der Waals surface area contributed by atoms with Crippen LogP contribution in [0.1, 0.15) is 37.8 Å². The molecule has 1 aliphatic heterocycles. The summed E-state index contributed by atoms with van der Waals surface area (Å²) in [6.07, 6.45) is 2.08. The van der Waals surface area contributed by atoms with Gasteiger partial charge in [0.15, 0.2) is 5.96 Å². The normalized spacial score (nSPS) is 18.3. The Kier molecular flexibility index (Phi) is 8.96. The molecule has 0 atom stereocenters. The molecule has 1 heterocycles. The van der Waals surface area contributed by atoms with Gasteiger partial charge >= 0.3 is 0 Å². The SMILES string of the molecule is CCNC(=NCc1ccc(CN2CCN(CC)CC2)cc1)NCCNC(=O)C1CC1. The van der Waals surface area contributed by atoms with E-state index in [-0.39, 0.29) is 11.8 Å². The molecule has 1 saturated heterocycles. The van der Waals surface area contributed by atoms with Crippen LogP contribution in [0.5, 0.6) is 0 Å². The minimum atomic E-state index is 0.186. The van der Waals surface area contributed by atoms with E-state index in [0.29, 0.717) is 19.6 Å². The van der Waals surface area contributed by atoms with E-state index in [1.54, 1.807) is 0 Å². The molecule has 1 aromatic carbocycles. The second-order valence-electron chi connectivity index (χ2n) is 8.21. The van der Waals surface area contributed by atoms with Gasteiger partial charge in [-0.05, 0) is 37.4 Å². The fourth-order valence-electron chi connectivity index (χ4n) is 3.64. The van der Waals surface area contributed by atoms with E-state index in [9.17, 15) is 4.79 Å². The standard InChI is InChI=1S/C23H38N6O/c1-3-24-23(26-12-11-25-22(30)21-9-10-21)27-17-19-5-7-20(8-6-19)18-29-15-13-28(4-2)14-16-29/h5-8,21H,3-4,9-18H2,1-2H3,(H,25,30)(H2,24,26,27). The van der Waals surface area contributed by atoms with Crippen LogP contribution in [-0.4, -0.2) is 74.0 Å². The molecule has 30 heavy (non-hydrogen) atoms. The van der Waals surface area contributed by atoms with Crippen LogP contribution in [0.4, 0.5) is 0 Å². The number of nitrogens with one attached hydrogen (secondary N) is 3. The van der Waals surface area contributed by atoms with Crippen LogP contribution >= 0.6 is 0 Å². The van der Waals surface area contributed by atoms with E-state index in [2.05, 4.69) is 68.9 Å². The maximum Gasteiger partial charge on any atom is 0.223 e. The Hall–Kier alpha value is -2.12. The molecule has 1 saturated carbocycles. The molecule has 2 aliphatic rings. The van der Waals surface area contributed by atoms with Gasteiger partial charge in [-0.1, -0.05) is 31.2 Å². The van der Waals surface area contributed by atoms with E-state index in [0.717, 1.165) is 51.5 Å². The molecule has 2 fully saturated rings. The van der Waals surface area contributed by atoms with Gasteiger partial charge in [0.1, 0.15) is 0 Å². The van der Waals surface area contributed by atoms with Gasteiger partial charge in [0.25, 0.3) is 0 Å². The van der Waals surface area contributed by atoms with Crippen molar-refractivity contribution in [2.24, 2.45) is 10.9 Å². The lowest BCUT2D eigenvalue weighted by Crippen LogP contribution is -2.45. The average molecular weight is 415 g/mol. The number of carbonyl (C=O) groups excluding carboxylic acids is 1. The van der Waals surface area contributed by atoms with Gasteiger partial charge < -0.3 is 20.9 Å². The first-order valence-electron chi connectivity index (χ1n) is 11.5. The lowest BCUT2D eigenvalue weighted by molar-refractivity contribution is -0.122. The number of hydrogen-bond donors (Lipinski definition) is 3. The van der Waals surface area contributed by atoms with Crippen LogP contribution in [0.25, 0.3) is 0 Å². The molecule has 3 N–H and O–H groups in total. The van der Waals surface area contributed by atoms with Gasteiger partial charge in [0.05, 0.1) is 6.54 Å². The van der Waals surface area contributed by atoms with Gasteiger partial charge in [-0.15, -0.1) is 0 Å². The second kappa shape index (κ2) is 11.9. The maximum atomic E-state index is 11.7. The van der Waals surface area contributed by atoms with E-state index in [1.807, 2.05) is 0 Å². The Bertz CT molecular complexity index is 677. The highest BCUT2D eigenvalue weighted by molar-refractivity contribution is 5.81. The number of rotatable bonds is 10. The van der Waals surface area contributed by atoms with E-state index >= 15 is 0 Å². The summed E-state index contributed by atoms with van der Waals surface area (Å²) in [7, 11) is 0. The van der Waals surface area contributed by atoms with Crippen molar-refractivity contribution < 1.29 is 4.79 Å². The monoisotopic (exact) mass is 414 g/mol. The first kappa shape index (κ1) is 22.6. The first-order valence-corrected chi connectivity index (χ1v) is 11.5. The summed E-state index contributed by atoms with van der Waals surface area (Å²) in [6.45, 7) is 13.9. The van der Waals surface area contributed by atoms with Gasteiger partial charge in [-0.2, -0.15) is 0 Å². The highest BCUT2D eigenvalue weighted by Crippen LogP contribution is 2.28. The Morgan fingerprint density at radius 3 is 2.20 bits per heavy atom. The molecule has 0 bridgehead atoms. The summed E-state index contributed by atoms with van der Waals surface area (Å²) >= 11 is 0. The lowest BCUT2D eigenvalue weighted by Gasteiger charge is -2.34. The molecule has 0 radical (unpaired) electrons. The number of aliphatic imine (C=N–C) groups is 1. The van der Waals surface area contributed by atoms with Crippen molar-refractivity contribution in [2.75, 3.05) is 52.4 Å². The summed E-state index contributed by atoms with van der Waals surface area (Å²) in [5.41, 5.74) is 2.57. The molecular weight excluding hydrogens is 376 g/mol. The Balaban J connectivity index is 1.40. The largest absolute Gasteiger partial charge is 0.357 e. The first-order chi connectivity index (χ1) is 14.7. The second-order valence-corrected chi connectivity index (χ2v) is 8.21. The summed E-state index contributed by atoms with van der Waals surface area (Å²) in [4.78, 5) is 21.4. The van der Waals surface area contributed by atoms with Gasteiger partial charge in [-0.25, -0.2) is 4.99 Å². The minimum Gasteiger partial charge on any atom is -0.357 e. The third-order valence-corrected chi connectivity index (χ3v) is 5.77. The molecule has 7 heteroatoms. The summed E-state index contributed by atoms with van der Waals surface area (Å²) in [6, 6.07) is 8.82. The summed E-state index contributed by atoms with van der Waals surface area (Å²) in [5, 5.41) is 9.53. The van der Waals surface area contributed by atoms with Crippen LogP contribution in [0.3, 0.4) is 0 Å². The number of amides is 1. The maximum absolute atomic E-state index is 11.7. The van der Waals surface area contributed by atoms with Crippen molar-refractivity contribution in [3.05, 3.63) is 35.4 Å². The number of piperazine rings is 1. The fraction of sp³-hybridized carbons (Fsp3) is 0.652. The lowest BCUT2D eigenvalue weighted by atomic mass is 10.1. The average Bonchev–Trinajstić information content (AvgIpc) is 3.62. The third-order valence-electron chi connectivity index (χ3n) is 5.77. The van der Waals surface area contributed by atoms with Gasteiger partial charge in [0, 0.05) is 58.3 Å². The minimum absolute atomic E-state index is 0.186. The van der Waals surface area contributed by atoms with E-state index in [1.165, 1.54) is 24.2 Å². The van der Waals surface area contributed by atoms with E-state index < -0.39 is 0 Å². The Morgan fingerprint density at radius 1 is 0.933 bits per heavy atom. The number of nitrogens with zero attached hydrogens (tertiary/aromatic N) is 3. The number of likely N-dealkylation sites (N-methyl/N-ethyl adjacent to an activating group) is 1. The molecule has 1 aromatic rings. The predicted octanol–water partition coefficient (Wildman–Crippen LogP) is 1.41. The molecule has 7 nitrogen and oxygen atoms in total. The zero-order chi connectivity index (χ0) is 21.2. The van der Waals surface area contributed by atoms with Crippen LogP contribution in [0.15, 0.2) is 29.3 Å². The Labute approximate surface area is 181 Å². The molecule has 0 spiro atoms. The number of carbonyl (C=O) groups is 1. The molecule has 0 unspecified atom stereocenters. The van der Waals surface area contributed by atoms with Crippen molar-refractivity contribution in [3.63, 3.8) is 0 Å². The smallest absolute Gasteiger partial charge is 0.223 e. The number of benzene rings is 1. The van der Waals surface area contributed by atoms with Crippen molar-refractivity contribution in [1.29, 1.82) is 0 Å². The van der Waals surface area contributed by atoms with Gasteiger partial charge in [0.2, 0.25) is 5.91 Å². The van der Waals surface area contributed by atoms with Crippen LogP contribution in [0, 0.1) is 5.92 Å². The molecule has 166 valence electrons. The molecular formula is C23H38N6O. The number of guanidine groups is 1. The highest BCUT2D eigenvalue weighted by Gasteiger charge is 2.28. The highest BCUT2D eigenvalue weighted by atomic mass is 16.2. The third kappa shape index (κ3) is 7.61. The quantitative estimate of drug-likeness (QED) is 0.307. The van der Waals surface area contributed by atoms with E-state index in [4.69, 9.17) is 0 Å². The van der Waals surface area contributed by atoms with Crippen molar-refractivity contribution in [1.82, 2.24) is 25.8 Å². The molecule has 1 aliphatic carbocycles. The van der Waals surface area contributed by atoms with Crippen LogP contribution in [-0.2, 0) is 17.9 Å². The fourth-order valence-corrected chi connectivity index (χ4v) is 3.64. The van der Waals surface area contributed by atoms with Crippen molar-refractivity contribution in [2.45, 2.75) is 39.8 Å². The molecule has 3 rings (SSSR count). The molecule has 1 amide bonds. The van der Waals surface area contributed by atoms with Crippen molar-refractivity contribution >= 4 is 11.9 Å².